The van der Waals surface area contributed by atoms with Crippen LogP contribution < -0.4 is 0 Å². The zero-order chi connectivity index (χ0) is 10.6. The van der Waals surface area contributed by atoms with Crippen LogP contribution in [-0.2, 0) is 0 Å². The van der Waals surface area contributed by atoms with Crippen molar-refractivity contribution in [3.8, 4) is 12.3 Å². The van der Waals surface area contributed by atoms with Gasteiger partial charge in [-0.2, -0.15) is 0 Å². The standard InChI is InChI=1S/C11H10BrClO/c1-2-3-4-11(14)8-5-6-10(13)9(12)7-8/h1,5-7,11,14H,3-4H2. The summed E-state index contributed by atoms with van der Waals surface area (Å²) < 4.78 is 0.788. The molecule has 1 unspecified atom stereocenters. The minimum absolute atomic E-state index is 0.514. The number of aliphatic hydroxyl groups is 1. The van der Waals surface area contributed by atoms with Gasteiger partial charge in [0.25, 0.3) is 0 Å². The summed E-state index contributed by atoms with van der Waals surface area (Å²) in [6.07, 6.45) is 5.75. The molecule has 0 bridgehead atoms. The van der Waals surface area contributed by atoms with Crippen LogP contribution in [0.2, 0.25) is 5.02 Å². The van der Waals surface area contributed by atoms with Gasteiger partial charge in [-0.15, -0.1) is 12.3 Å². The van der Waals surface area contributed by atoms with Gasteiger partial charge in [0.2, 0.25) is 0 Å². The van der Waals surface area contributed by atoms with E-state index in [0.29, 0.717) is 17.9 Å². The van der Waals surface area contributed by atoms with Crippen LogP contribution in [0.3, 0.4) is 0 Å². The molecule has 0 radical (unpaired) electrons. The molecule has 1 N–H and O–H groups in total. The van der Waals surface area contributed by atoms with Gasteiger partial charge in [-0.25, -0.2) is 0 Å². The Morgan fingerprint density at radius 3 is 2.86 bits per heavy atom. The van der Waals surface area contributed by atoms with Crippen LogP contribution in [0.4, 0.5) is 0 Å². The van der Waals surface area contributed by atoms with Crippen molar-refractivity contribution in [1.29, 1.82) is 0 Å². The Balaban J connectivity index is 2.76. The summed E-state index contributed by atoms with van der Waals surface area (Å²) in [5, 5.41) is 10.3. The molecule has 0 spiro atoms. The van der Waals surface area contributed by atoms with E-state index in [-0.39, 0.29) is 0 Å². The molecular weight excluding hydrogens is 263 g/mol. The molecule has 0 aliphatic carbocycles. The third-order valence-corrected chi connectivity index (χ3v) is 3.10. The van der Waals surface area contributed by atoms with Gasteiger partial charge >= 0.3 is 0 Å². The van der Waals surface area contributed by atoms with E-state index in [2.05, 4.69) is 21.9 Å². The number of hydrogen-bond donors (Lipinski definition) is 1. The van der Waals surface area contributed by atoms with Crippen molar-refractivity contribution in [2.45, 2.75) is 18.9 Å². The van der Waals surface area contributed by atoms with Gasteiger partial charge in [0.1, 0.15) is 0 Å². The molecule has 0 saturated carbocycles. The van der Waals surface area contributed by atoms with Crippen LogP contribution in [-0.4, -0.2) is 5.11 Å². The lowest BCUT2D eigenvalue weighted by molar-refractivity contribution is 0.169. The highest BCUT2D eigenvalue weighted by Gasteiger charge is 2.08. The summed E-state index contributed by atoms with van der Waals surface area (Å²) in [6, 6.07) is 5.36. The molecule has 14 heavy (non-hydrogen) atoms. The molecule has 0 saturated heterocycles. The van der Waals surface area contributed by atoms with Crippen molar-refractivity contribution in [2.75, 3.05) is 0 Å². The molecule has 0 aromatic heterocycles. The predicted octanol–water partition coefficient (Wildman–Crippen LogP) is 3.55. The minimum Gasteiger partial charge on any atom is -0.388 e. The van der Waals surface area contributed by atoms with Crippen LogP contribution in [0.1, 0.15) is 24.5 Å². The smallest absolute Gasteiger partial charge is 0.0799 e. The lowest BCUT2D eigenvalue weighted by atomic mass is 10.1. The van der Waals surface area contributed by atoms with E-state index < -0.39 is 6.10 Å². The maximum atomic E-state index is 9.71. The fourth-order valence-electron chi connectivity index (χ4n) is 1.11. The molecule has 1 nitrogen and oxygen atoms in total. The first-order valence-electron chi connectivity index (χ1n) is 4.21. The van der Waals surface area contributed by atoms with Gasteiger partial charge in [0, 0.05) is 10.9 Å². The summed E-state index contributed by atoms with van der Waals surface area (Å²) in [4.78, 5) is 0. The number of rotatable bonds is 3. The maximum absolute atomic E-state index is 9.71. The largest absolute Gasteiger partial charge is 0.388 e. The van der Waals surface area contributed by atoms with Gasteiger partial charge in [0.15, 0.2) is 0 Å². The minimum atomic E-state index is -0.514. The van der Waals surface area contributed by atoms with Gasteiger partial charge in [0.05, 0.1) is 11.1 Å². The molecular formula is C11H10BrClO. The van der Waals surface area contributed by atoms with Gasteiger partial charge in [-0.1, -0.05) is 17.7 Å². The zero-order valence-corrected chi connectivity index (χ0v) is 9.85. The molecule has 0 amide bonds. The van der Waals surface area contributed by atoms with Crippen LogP contribution in [0, 0.1) is 12.3 Å². The van der Waals surface area contributed by atoms with E-state index in [9.17, 15) is 5.11 Å². The molecule has 0 aliphatic heterocycles. The molecule has 1 aromatic rings. The Labute approximate surface area is 97.2 Å². The van der Waals surface area contributed by atoms with Gasteiger partial charge < -0.3 is 5.11 Å². The van der Waals surface area contributed by atoms with Crippen molar-refractivity contribution < 1.29 is 5.11 Å². The molecule has 74 valence electrons. The first-order chi connectivity index (χ1) is 6.65. The lowest BCUT2D eigenvalue weighted by Gasteiger charge is -2.09. The van der Waals surface area contributed by atoms with E-state index in [1.54, 1.807) is 12.1 Å². The summed E-state index contributed by atoms with van der Waals surface area (Å²) in [7, 11) is 0. The highest BCUT2D eigenvalue weighted by molar-refractivity contribution is 9.10. The first-order valence-corrected chi connectivity index (χ1v) is 5.38. The second-order valence-corrected chi connectivity index (χ2v) is 4.19. The number of benzene rings is 1. The molecule has 0 heterocycles. The van der Waals surface area contributed by atoms with E-state index in [4.69, 9.17) is 18.0 Å². The number of halogens is 2. The number of hydrogen-bond acceptors (Lipinski definition) is 1. The lowest BCUT2D eigenvalue weighted by Crippen LogP contribution is -1.96. The third-order valence-electron chi connectivity index (χ3n) is 1.89. The fraction of sp³-hybridized carbons (Fsp3) is 0.273. The van der Waals surface area contributed by atoms with Gasteiger partial charge in [-0.05, 0) is 40.0 Å². The molecule has 1 rings (SSSR count). The van der Waals surface area contributed by atoms with Gasteiger partial charge in [-0.3, -0.25) is 0 Å². The van der Waals surface area contributed by atoms with Crippen LogP contribution >= 0.6 is 27.5 Å². The summed E-state index contributed by atoms with van der Waals surface area (Å²) in [6.45, 7) is 0. The fourth-order valence-corrected chi connectivity index (χ4v) is 1.62. The van der Waals surface area contributed by atoms with E-state index in [1.165, 1.54) is 0 Å². The van der Waals surface area contributed by atoms with Crippen LogP contribution in [0.15, 0.2) is 22.7 Å². The average Bonchev–Trinajstić information content (AvgIpc) is 2.18. The maximum Gasteiger partial charge on any atom is 0.0799 e. The predicted molar refractivity (Wildman–Crippen MR) is 62.2 cm³/mol. The molecule has 1 aromatic carbocycles. The average molecular weight is 274 g/mol. The zero-order valence-electron chi connectivity index (χ0n) is 7.50. The third kappa shape index (κ3) is 3.02. The Bertz CT molecular complexity index is 357. The van der Waals surface area contributed by atoms with E-state index in [0.717, 1.165) is 10.0 Å². The summed E-state index contributed by atoms with van der Waals surface area (Å²) >= 11 is 9.13. The summed E-state index contributed by atoms with van der Waals surface area (Å²) in [5.41, 5.74) is 0.830. The highest BCUT2D eigenvalue weighted by atomic mass is 79.9. The Morgan fingerprint density at radius 2 is 2.29 bits per heavy atom. The normalized spacial score (nSPS) is 12.1. The molecule has 1 atom stereocenters. The van der Waals surface area contributed by atoms with Crippen LogP contribution in [0.25, 0.3) is 0 Å². The number of aliphatic hydroxyl groups excluding tert-OH is 1. The Kier molecular flexibility index (Phi) is 4.47. The SMILES string of the molecule is C#CCCC(O)c1ccc(Cl)c(Br)c1. The van der Waals surface area contributed by atoms with Crippen molar-refractivity contribution >= 4 is 27.5 Å². The first kappa shape index (κ1) is 11.6. The molecule has 0 fully saturated rings. The Hall–Kier alpha value is -0.490. The molecule has 0 aliphatic rings. The van der Waals surface area contributed by atoms with E-state index >= 15 is 0 Å². The van der Waals surface area contributed by atoms with E-state index in [1.807, 2.05) is 6.07 Å². The molecule has 3 heteroatoms. The number of terminal acetylenes is 1. The second-order valence-electron chi connectivity index (χ2n) is 2.93. The topological polar surface area (TPSA) is 20.2 Å². The second kappa shape index (κ2) is 5.41. The summed E-state index contributed by atoms with van der Waals surface area (Å²) in [5.74, 6) is 2.50. The van der Waals surface area contributed by atoms with Crippen molar-refractivity contribution in [3.05, 3.63) is 33.3 Å². The van der Waals surface area contributed by atoms with Crippen molar-refractivity contribution in [3.63, 3.8) is 0 Å². The highest BCUT2D eigenvalue weighted by Crippen LogP contribution is 2.27. The van der Waals surface area contributed by atoms with Crippen LogP contribution in [0.5, 0.6) is 0 Å². The monoisotopic (exact) mass is 272 g/mol. The van der Waals surface area contributed by atoms with Crippen molar-refractivity contribution in [2.24, 2.45) is 0 Å². The Morgan fingerprint density at radius 1 is 1.57 bits per heavy atom. The van der Waals surface area contributed by atoms with Crippen molar-refractivity contribution in [1.82, 2.24) is 0 Å². The quantitative estimate of drug-likeness (QED) is 0.835.